The van der Waals surface area contributed by atoms with E-state index in [1.807, 2.05) is 0 Å². The third-order valence-corrected chi connectivity index (χ3v) is 1.75. The SMILES string of the molecule is COc1cccc(/C=C(\C#N)C(=O)[O-])c1. The summed E-state index contributed by atoms with van der Waals surface area (Å²) in [5, 5.41) is 19.0. The van der Waals surface area contributed by atoms with E-state index in [4.69, 9.17) is 10.00 Å². The second kappa shape index (κ2) is 4.82. The molecule has 0 fully saturated rings. The summed E-state index contributed by atoms with van der Waals surface area (Å²) < 4.78 is 4.96. The van der Waals surface area contributed by atoms with Crippen LogP contribution < -0.4 is 9.84 Å². The molecule has 4 nitrogen and oxygen atoms in total. The minimum absolute atomic E-state index is 0.414. The number of benzene rings is 1. The summed E-state index contributed by atoms with van der Waals surface area (Å²) in [5.41, 5.74) is 0.165. The van der Waals surface area contributed by atoms with E-state index in [0.29, 0.717) is 11.3 Å². The highest BCUT2D eigenvalue weighted by Crippen LogP contribution is 2.14. The fourth-order valence-electron chi connectivity index (χ4n) is 1.03. The van der Waals surface area contributed by atoms with Crippen molar-refractivity contribution in [2.75, 3.05) is 7.11 Å². The Balaban J connectivity index is 3.07. The lowest BCUT2D eigenvalue weighted by molar-refractivity contribution is -0.298. The molecule has 0 aliphatic rings. The number of hydrogen-bond donors (Lipinski definition) is 0. The first kappa shape index (κ1) is 10.8. The first-order valence-electron chi connectivity index (χ1n) is 4.14. The molecule has 0 unspecified atom stereocenters. The van der Waals surface area contributed by atoms with Gasteiger partial charge in [0.1, 0.15) is 11.8 Å². The van der Waals surface area contributed by atoms with Gasteiger partial charge in [-0.3, -0.25) is 0 Å². The maximum absolute atomic E-state index is 10.5. The zero-order chi connectivity index (χ0) is 11.3. The Hall–Kier alpha value is -2.28. The van der Waals surface area contributed by atoms with Crippen LogP contribution in [0.25, 0.3) is 6.08 Å². The Morgan fingerprint density at radius 2 is 2.33 bits per heavy atom. The molecule has 0 radical (unpaired) electrons. The maximum atomic E-state index is 10.5. The van der Waals surface area contributed by atoms with Crippen molar-refractivity contribution >= 4 is 12.0 Å². The van der Waals surface area contributed by atoms with E-state index in [2.05, 4.69) is 0 Å². The Kier molecular flexibility index (Phi) is 3.47. The highest BCUT2D eigenvalue weighted by atomic mass is 16.5. The van der Waals surface area contributed by atoms with Gasteiger partial charge in [-0.2, -0.15) is 5.26 Å². The Morgan fingerprint density at radius 1 is 1.60 bits per heavy atom. The fourth-order valence-corrected chi connectivity index (χ4v) is 1.03. The molecule has 4 heteroatoms. The van der Waals surface area contributed by atoms with Crippen LogP contribution in [0.4, 0.5) is 0 Å². The quantitative estimate of drug-likeness (QED) is 0.523. The summed E-state index contributed by atoms with van der Waals surface area (Å²) in [4.78, 5) is 10.5. The number of hydrogen-bond acceptors (Lipinski definition) is 4. The monoisotopic (exact) mass is 202 g/mol. The molecule has 1 aromatic rings. The molecule has 0 amide bonds. The van der Waals surface area contributed by atoms with Crippen LogP contribution in [0.5, 0.6) is 5.75 Å². The molecule has 0 saturated carbocycles. The van der Waals surface area contributed by atoms with Crippen LogP contribution in [0.1, 0.15) is 5.56 Å². The zero-order valence-corrected chi connectivity index (χ0v) is 8.06. The van der Waals surface area contributed by atoms with Crippen molar-refractivity contribution in [3.05, 3.63) is 35.4 Å². The number of ether oxygens (including phenoxy) is 1. The summed E-state index contributed by atoms with van der Waals surface area (Å²) in [5.74, 6) is -0.889. The van der Waals surface area contributed by atoms with Gasteiger partial charge in [0.25, 0.3) is 0 Å². The Morgan fingerprint density at radius 3 is 2.87 bits per heavy atom. The number of carbonyl (C=O) groups excluding carboxylic acids is 1. The van der Waals surface area contributed by atoms with Crippen LogP contribution >= 0.6 is 0 Å². The second-order valence-corrected chi connectivity index (χ2v) is 2.73. The standard InChI is InChI=1S/C11H9NO3/c1-15-10-4-2-3-8(6-10)5-9(7-12)11(13)14/h2-6H,1H3,(H,13,14)/p-1/b9-5+. The number of aliphatic carboxylic acids is 1. The van der Waals surface area contributed by atoms with Gasteiger partial charge in [-0.1, -0.05) is 12.1 Å². The predicted molar refractivity (Wildman–Crippen MR) is 51.6 cm³/mol. The van der Waals surface area contributed by atoms with Crippen LogP contribution in [0.15, 0.2) is 29.8 Å². The van der Waals surface area contributed by atoms with Gasteiger partial charge in [0.15, 0.2) is 0 Å². The van der Waals surface area contributed by atoms with E-state index in [0.717, 1.165) is 0 Å². The van der Waals surface area contributed by atoms with Crippen molar-refractivity contribution < 1.29 is 14.6 Å². The maximum Gasteiger partial charge on any atom is 0.119 e. The molecule has 0 saturated heterocycles. The minimum atomic E-state index is -1.49. The van der Waals surface area contributed by atoms with Crippen molar-refractivity contribution in [2.45, 2.75) is 0 Å². The first-order valence-corrected chi connectivity index (χ1v) is 4.14. The van der Waals surface area contributed by atoms with Crippen LogP contribution in [0, 0.1) is 11.3 Å². The molecule has 0 heterocycles. The molecule has 0 aliphatic heterocycles. The van der Waals surface area contributed by atoms with E-state index < -0.39 is 11.5 Å². The third-order valence-electron chi connectivity index (χ3n) is 1.75. The van der Waals surface area contributed by atoms with Gasteiger partial charge in [0, 0.05) is 0 Å². The lowest BCUT2D eigenvalue weighted by Gasteiger charge is -2.02. The van der Waals surface area contributed by atoms with E-state index >= 15 is 0 Å². The zero-order valence-electron chi connectivity index (χ0n) is 8.06. The number of methoxy groups -OCH3 is 1. The van der Waals surface area contributed by atoms with Crippen molar-refractivity contribution in [2.24, 2.45) is 0 Å². The molecule has 0 spiro atoms. The number of nitrogens with zero attached hydrogens (tertiary/aromatic N) is 1. The smallest absolute Gasteiger partial charge is 0.119 e. The molecule has 0 aliphatic carbocycles. The lowest BCUT2D eigenvalue weighted by atomic mass is 10.1. The van der Waals surface area contributed by atoms with E-state index in [9.17, 15) is 9.90 Å². The van der Waals surface area contributed by atoms with Gasteiger partial charge in [0.05, 0.1) is 18.7 Å². The molecule has 1 aromatic carbocycles. The second-order valence-electron chi connectivity index (χ2n) is 2.73. The van der Waals surface area contributed by atoms with Gasteiger partial charge in [0.2, 0.25) is 0 Å². The van der Waals surface area contributed by atoms with E-state index in [1.165, 1.54) is 13.2 Å². The summed E-state index contributed by atoms with van der Waals surface area (Å²) >= 11 is 0. The lowest BCUT2D eigenvalue weighted by Crippen LogP contribution is -2.23. The molecule has 76 valence electrons. The molecule has 0 aromatic heterocycles. The van der Waals surface area contributed by atoms with Gasteiger partial charge < -0.3 is 14.6 Å². The van der Waals surface area contributed by atoms with Gasteiger partial charge >= 0.3 is 0 Å². The minimum Gasteiger partial charge on any atom is -0.544 e. The summed E-state index contributed by atoms with van der Waals surface area (Å²) in [6, 6.07) is 8.27. The number of carboxylic acid groups (broad SMARTS) is 1. The predicted octanol–water partition coefficient (Wildman–Crippen LogP) is 0.352. The summed E-state index contributed by atoms with van der Waals surface area (Å²) in [6.45, 7) is 0. The first-order chi connectivity index (χ1) is 7.17. The molecular weight excluding hydrogens is 194 g/mol. The Labute approximate surface area is 87.0 Å². The van der Waals surface area contributed by atoms with Crippen LogP contribution in [0.3, 0.4) is 0 Å². The van der Waals surface area contributed by atoms with Crippen molar-refractivity contribution in [3.8, 4) is 11.8 Å². The Bertz CT molecular complexity index is 443. The average molecular weight is 202 g/mol. The molecule has 0 atom stereocenters. The van der Waals surface area contributed by atoms with Gasteiger partial charge in [-0.15, -0.1) is 0 Å². The number of carboxylic acids is 1. The molecule has 0 bridgehead atoms. The average Bonchev–Trinajstić information content (AvgIpc) is 2.25. The number of nitriles is 1. The van der Waals surface area contributed by atoms with Gasteiger partial charge in [-0.25, -0.2) is 0 Å². The van der Waals surface area contributed by atoms with E-state index in [1.54, 1.807) is 30.3 Å². The van der Waals surface area contributed by atoms with Crippen molar-refractivity contribution in [1.29, 1.82) is 5.26 Å². The van der Waals surface area contributed by atoms with Crippen molar-refractivity contribution in [3.63, 3.8) is 0 Å². The normalized spacial score (nSPS) is 10.5. The summed E-state index contributed by atoms with van der Waals surface area (Å²) in [6.07, 6.45) is 1.23. The van der Waals surface area contributed by atoms with Crippen LogP contribution in [-0.2, 0) is 4.79 Å². The van der Waals surface area contributed by atoms with Gasteiger partial charge in [-0.05, 0) is 23.8 Å². The highest BCUT2D eigenvalue weighted by molar-refractivity contribution is 5.95. The summed E-state index contributed by atoms with van der Waals surface area (Å²) in [7, 11) is 1.51. The van der Waals surface area contributed by atoms with Crippen LogP contribution in [-0.4, -0.2) is 13.1 Å². The molecule has 15 heavy (non-hydrogen) atoms. The fraction of sp³-hybridized carbons (Fsp3) is 0.0909. The number of rotatable bonds is 3. The topological polar surface area (TPSA) is 73.1 Å². The van der Waals surface area contributed by atoms with Crippen molar-refractivity contribution in [1.82, 2.24) is 0 Å². The number of carbonyl (C=O) groups is 1. The molecule has 1 rings (SSSR count). The van der Waals surface area contributed by atoms with Crippen LogP contribution in [0.2, 0.25) is 0 Å². The highest BCUT2D eigenvalue weighted by Gasteiger charge is 1.98. The third kappa shape index (κ3) is 2.85. The van der Waals surface area contributed by atoms with E-state index in [-0.39, 0.29) is 0 Å². The molecular formula is C11H8NO3-. The largest absolute Gasteiger partial charge is 0.544 e. The molecule has 0 N–H and O–H groups in total.